The molecular formula is C15H21N3O2. The molecule has 0 aromatic heterocycles. The molecular weight excluding hydrogens is 254 g/mol. The predicted molar refractivity (Wildman–Crippen MR) is 78.5 cm³/mol. The molecule has 0 spiro atoms. The molecule has 1 aromatic carbocycles. The van der Waals surface area contributed by atoms with E-state index in [1.807, 2.05) is 0 Å². The summed E-state index contributed by atoms with van der Waals surface area (Å²) in [6, 6.07) is 6.93. The van der Waals surface area contributed by atoms with Crippen LogP contribution in [0.15, 0.2) is 24.3 Å². The molecule has 1 fully saturated rings. The van der Waals surface area contributed by atoms with E-state index in [-0.39, 0.29) is 11.8 Å². The Labute approximate surface area is 119 Å². The van der Waals surface area contributed by atoms with Crippen LogP contribution in [0.25, 0.3) is 0 Å². The maximum atomic E-state index is 12.2. The lowest BCUT2D eigenvalue weighted by Crippen LogP contribution is -2.48. The summed E-state index contributed by atoms with van der Waals surface area (Å²) in [7, 11) is 3.39. The molecule has 20 heavy (non-hydrogen) atoms. The van der Waals surface area contributed by atoms with Gasteiger partial charge >= 0.3 is 0 Å². The third kappa shape index (κ3) is 2.99. The monoisotopic (exact) mass is 275 g/mol. The number of nitrogens with zero attached hydrogens (tertiary/aromatic N) is 1. The van der Waals surface area contributed by atoms with E-state index in [2.05, 4.69) is 5.32 Å². The molecule has 0 bridgehead atoms. The standard InChI is InChI=1S/C15H21N3O2/c1-18(2)13(19)11-6-5-7-12(10-11)17-14(20)15(16)8-3-4-9-15/h5-7,10H,3-4,8-9,16H2,1-2H3,(H,17,20). The highest BCUT2D eigenvalue weighted by Gasteiger charge is 2.36. The SMILES string of the molecule is CN(C)C(=O)c1cccc(NC(=O)C2(N)CCCC2)c1. The van der Waals surface area contributed by atoms with Crippen LogP contribution in [-0.2, 0) is 4.79 Å². The van der Waals surface area contributed by atoms with Crippen LogP contribution < -0.4 is 11.1 Å². The number of carbonyl (C=O) groups excluding carboxylic acids is 2. The lowest BCUT2D eigenvalue weighted by molar-refractivity contribution is -0.121. The van der Waals surface area contributed by atoms with Crippen LogP contribution in [0, 0.1) is 0 Å². The molecule has 108 valence electrons. The molecule has 1 aliphatic carbocycles. The summed E-state index contributed by atoms with van der Waals surface area (Å²) in [5, 5.41) is 2.82. The van der Waals surface area contributed by atoms with Crippen molar-refractivity contribution in [3.05, 3.63) is 29.8 Å². The van der Waals surface area contributed by atoms with Crippen LogP contribution >= 0.6 is 0 Å². The van der Waals surface area contributed by atoms with Gasteiger partial charge < -0.3 is 16.0 Å². The van der Waals surface area contributed by atoms with E-state index in [4.69, 9.17) is 5.73 Å². The van der Waals surface area contributed by atoms with Gasteiger partial charge in [0.25, 0.3) is 5.91 Å². The minimum absolute atomic E-state index is 0.0931. The Balaban J connectivity index is 2.12. The van der Waals surface area contributed by atoms with Gasteiger partial charge in [0.2, 0.25) is 5.91 Å². The first-order valence-electron chi connectivity index (χ1n) is 6.84. The number of carbonyl (C=O) groups is 2. The van der Waals surface area contributed by atoms with Crippen molar-refractivity contribution < 1.29 is 9.59 Å². The van der Waals surface area contributed by atoms with Gasteiger partial charge in [-0.15, -0.1) is 0 Å². The summed E-state index contributed by atoms with van der Waals surface area (Å²) >= 11 is 0. The zero-order valence-electron chi connectivity index (χ0n) is 12.0. The van der Waals surface area contributed by atoms with Crippen molar-refractivity contribution in [2.75, 3.05) is 19.4 Å². The first-order valence-corrected chi connectivity index (χ1v) is 6.84. The van der Waals surface area contributed by atoms with E-state index in [1.54, 1.807) is 38.4 Å². The number of amides is 2. The predicted octanol–water partition coefficient (Wildman–Crippen LogP) is 1.60. The van der Waals surface area contributed by atoms with E-state index in [0.717, 1.165) is 25.7 Å². The number of nitrogens with two attached hydrogens (primary N) is 1. The van der Waals surface area contributed by atoms with E-state index >= 15 is 0 Å². The van der Waals surface area contributed by atoms with Crippen molar-refractivity contribution in [3.8, 4) is 0 Å². The van der Waals surface area contributed by atoms with Crippen LogP contribution in [0.5, 0.6) is 0 Å². The van der Waals surface area contributed by atoms with Crippen LogP contribution in [0.4, 0.5) is 5.69 Å². The van der Waals surface area contributed by atoms with Crippen LogP contribution in [-0.4, -0.2) is 36.3 Å². The lowest BCUT2D eigenvalue weighted by Gasteiger charge is -2.22. The Morgan fingerprint density at radius 3 is 2.50 bits per heavy atom. The van der Waals surface area contributed by atoms with Gasteiger partial charge in [-0.2, -0.15) is 0 Å². The fourth-order valence-electron chi connectivity index (χ4n) is 2.48. The van der Waals surface area contributed by atoms with E-state index in [0.29, 0.717) is 11.3 Å². The highest BCUT2D eigenvalue weighted by molar-refractivity contribution is 6.00. The summed E-state index contributed by atoms with van der Waals surface area (Å²) in [4.78, 5) is 25.6. The topological polar surface area (TPSA) is 75.4 Å². The molecule has 1 saturated carbocycles. The van der Waals surface area contributed by atoms with Gasteiger partial charge in [-0.25, -0.2) is 0 Å². The zero-order valence-corrected chi connectivity index (χ0v) is 12.0. The molecule has 5 nitrogen and oxygen atoms in total. The second-order valence-electron chi connectivity index (χ2n) is 5.60. The summed E-state index contributed by atoms with van der Waals surface area (Å²) < 4.78 is 0. The van der Waals surface area contributed by atoms with E-state index < -0.39 is 5.54 Å². The van der Waals surface area contributed by atoms with Crippen LogP contribution in [0.1, 0.15) is 36.0 Å². The van der Waals surface area contributed by atoms with Crippen molar-refractivity contribution >= 4 is 17.5 Å². The summed E-state index contributed by atoms with van der Waals surface area (Å²) in [6.45, 7) is 0. The van der Waals surface area contributed by atoms with Crippen molar-refractivity contribution in [2.45, 2.75) is 31.2 Å². The summed E-state index contributed by atoms with van der Waals surface area (Å²) in [6.07, 6.45) is 3.41. The Kier molecular flexibility index (Phi) is 4.09. The largest absolute Gasteiger partial charge is 0.345 e. The molecule has 2 amide bonds. The van der Waals surface area contributed by atoms with Gasteiger partial charge in [-0.1, -0.05) is 18.9 Å². The minimum Gasteiger partial charge on any atom is -0.345 e. The Hall–Kier alpha value is -1.88. The first-order chi connectivity index (χ1) is 9.42. The van der Waals surface area contributed by atoms with Crippen molar-refractivity contribution in [1.82, 2.24) is 4.90 Å². The minimum atomic E-state index is -0.762. The Morgan fingerprint density at radius 1 is 1.25 bits per heavy atom. The van der Waals surface area contributed by atoms with Crippen LogP contribution in [0.2, 0.25) is 0 Å². The summed E-state index contributed by atoms with van der Waals surface area (Å²) in [5.41, 5.74) is 6.50. The van der Waals surface area contributed by atoms with Crippen molar-refractivity contribution in [2.24, 2.45) is 5.73 Å². The summed E-state index contributed by atoms with van der Waals surface area (Å²) in [5.74, 6) is -0.256. The number of anilines is 1. The molecule has 0 saturated heterocycles. The molecule has 0 atom stereocenters. The first kappa shape index (κ1) is 14.5. The average molecular weight is 275 g/mol. The van der Waals surface area contributed by atoms with Gasteiger partial charge in [0.1, 0.15) is 0 Å². The maximum absolute atomic E-state index is 12.2. The maximum Gasteiger partial charge on any atom is 0.253 e. The number of rotatable bonds is 3. The molecule has 5 heteroatoms. The number of hydrogen-bond acceptors (Lipinski definition) is 3. The van der Waals surface area contributed by atoms with Gasteiger partial charge in [0, 0.05) is 25.3 Å². The highest BCUT2D eigenvalue weighted by atomic mass is 16.2. The molecule has 0 radical (unpaired) electrons. The van der Waals surface area contributed by atoms with E-state index in [1.165, 1.54) is 4.90 Å². The molecule has 0 aliphatic heterocycles. The molecule has 1 aliphatic rings. The van der Waals surface area contributed by atoms with Crippen LogP contribution in [0.3, 0.4) is 0 Å². The number of hydrogen-bond donors (Lipinski definition) is 2. The van der Waals surface area contributed by atoms with Gasteiger partial charge in [0.15, 0.2) is 0 Å². The molecule has 2 rings (SSSR count). The lowest BCUT2D eigenvalue weighted by atomic mass is 9.98. The zero-order chi connectivity index (χ0) is 14.8. The quantitative estimate of drug-likeness (QED) is 0.879. The second kappa shape index (κ2) is 5.63. The molecule has 0 heterocycles. The van der Waals surface area contributed by atoms with Gasteiger partial charge in [-0.05, 0) is 31.0 Å². The Morgan fingerprint density at radius 2 is 1.90 bits per heavy atom. The molecule has 1 aromatic rings. The number of nitrogens with one attached hydrogen (secondary N) is 1. The highest BCUT2D eigenvalue weighted by Crippen LogP contribution is 2.28. The van der Waals surface area contributed by atoms with Crippen molar-refractivity contribution in [1.29, 1.82) is 0 Å². The Bertz CT molecular complexity index is 520. The number of benzene rings is 1. The normalized spacial score (nSPS) is 16.8. The smallest absolute Gasteiger partial charge is 0.253 e. The van der Waals surface area contributed by atoms with Gasteiger partial charge in [-0.3, -0.25) is 9.59 Å². The third-order valence-corrected chi connectivity index (χ3v) is 3.72. The third-order valence-electron chi connectivity index (χ3n) is 3.72. The van der Waals surface area contributed by atoms with Gasteiger partial charge in [0.05, 0.1) is 5.54 Å². The van der Waals surface area contributed by atoms with Crippen molar-refractivity contribution in [3.63, 3.8) is 0 Å². The van der Waals surface area contributed by atoms with E-state index in [9.17, 15) is 9.59 Å². The fourth-order valence-corrected chi connectivity index (χ4v) is 2.48. The second-order valence-corrected chi connectivity index (χ2v) is 5.60. The molecule has 0 unspecified atom stereocenters. The molecule has 3 N–H and O–H groups in total. The average Bonchev–Trinajstić information content (AvgIpc) is 2.86. The fraction of sp³-hybridized carbons (Fsp3) is 0.467.